The van der Waals surface area contributed by atoms with Gasteiger partial charge in [0.1, 0.15) is 5.01 Å². The molecule has 0 aromatic carbocycles. The third-order valence-electron chi connectivity index (χ3n) is 2.35. The molecule has 1 aromatic rings. The fourth-order valence-corrected chi connectivity index (χ4v) is 1.98. The zero-order valence-electron chi connectivity index (χ0n) is 11.2. The van der Waals surface area contributed by atoms with Crippen LogP contribution in [0, 0.1) is 5.41 Å². The standard InChI is InChI=1S/C11H20N4OS.ClH/c1-7(13-6-5-11(2,3)4)9-14-15-10(17-9)8(12)16;/h7,13H,5-6H2,1-4H3,(H2,12,16);1H. The molecular formula is C11H21ClN4OS. The molecule has 5 nitrogen and oxygen atoms in total. The molecule has 1 atom stereocenters. The summed E-state index contributed by atoms with van der Waals surface area (Å²) in [6, 6.07) is 0.1000. The van der Waals surface area contributed by atoms with Gasteiger partial charge in [0.25, 0.3) is 5.91 Å². The lowest BCUT2D eigenvalue weighted by Crippen LogP contribution is -2.23. The normalized spacial score (nSPS) is 12.9. The van der Waals surface area contributed by atoms with Gasteiger partial charge in [-0.05, 0) is 25.3 Å². The Morgan fingerprint density at radius 2 is 2.06 bits per heavy atom. The second kappa shape index (κ2) is 7.01. The number of carbonyl (C=O) groups is 1. The van der Waals surface area contributed by atoms with Crippen LogP contribution in [0.25, 0.3) is 0 Å². The molecule has 0 aliphatic carbocycles. The Kier molecular flexibility index (Phi) is 6.73. The summed E-state index contributed by atoms with van der Waals surface area (Å²) in [4.78, 5) is 10.9. The summed E-state index contributed by atoms with van der Waals surface area (Å²) >= 11 is 1.25. The molecule has 1 amide bonds. The minimum atomic E-state index is -0.518. The van der Waals surface area contributed by atoms with Crippen molar-refractivity contribution in [2.75, 3.05) is 6.54 Å². The van der Waals surface area contributed by atoms with Crippen LogP contribution in [0.15, 0.2) is 0 Å². The fourth-order valence-electron chi connectivity index (χ4n) is 1.26. The molecule has 18 heavy (non-hydrogen) atoms. The first-order chi connectivity index (χ1) is 7.79. The number of rotatable bonds is 5. The second-order valence-electron chi connectivity index (χ2n) is 5.30. The Bertz CT molecular complexity index is 389. The molecule has 0 saturated carbocycles. The van der Waals surface area contributed by atoms with Crippen molar-refractivity contribution in [3.8, 4) is 0 Å². The van der Waals surface area contributed by atoms with Gasteiger partial charge in [-0.15, -0.1) is 22.6 Å². The smallest absolute Gasteiger partial charge is 0.279 e. The van der Waals surface area contributed by atoms with E-state index in [1.807, 2.05) is 6.92 Å². The molecule has 0 aliphatic heterocycles. The first kappa shape index (κ1) is 17.3. The number of primary amides is 1. The molecule has 0 aliphatic rings. The van der Waals surface area contributed by atoms with Gasteiger partial charge in [0, 0.05) is 0 Å². The summed E-state index contributed by atoms with van der Waals surface area (Å²) in [5.74, 6) is -0.518. The molecule has 1 rings (SSSR count). The van der Waals surface area contributed by atoms with Gasteiger partial charge in [0.05, 0.1) is 6.04 Å². The molecule has 1 heterocycles. The highest BCUT2D eigenvalue weighted by atomic mass is 35.5. The number of hydrogen-bond donors (Lipinski definition) is 2. The van der Waals surface area contributed by atoms with Crippen molar-refractivity contribution in [2.45, 2.75) is 40.2 Å². The SMILES string of the molecule is CC(NCCC(C)(C)C)c1nnc(C(N)=O)s1.Cl. The summed E-state index contributed by atoms with van der Waals surface area (Å²) in [7, 11) is 0. The van der Waals surface area contributed by atoms with Gasteiger partial charge in [-0.3, -0.25) is 4.79 Å². The number of carbonyl (C=O) groups excluding carboxylic acids is 1. The molecule has 0 fully saturated rings. The van der Waals surface area contributed by atoms with Crippen LogP contribution >= 0.6 is 23.7 Å². The van der Waals surface area contributed by atoms with Crippen molar-refractivity contribution in [1.29, 1.82) is 0 Å². The van der Waals surface area contributed by atoms with E-state index in [0.29, 0.717) is 5.41 Å². The lowest BCUT2D eigenvalue weighted by Gasteiger charge is -2.19. The van der Waals surface area contributed by atoms with E-state index in [2.05, 4.69) is 36.3 Å². The van der Waals surface area contributed by atoms with Crippen molar-refractivity contribution in [3.05, 3.63) is 10.0 Å². The Balaban J connectivity index is 0.00000289. The van der Waals surface area contributed by atoms with E-state index in [9.17, 15) is 4.79 Å². The Labute approximate surface area is 118 Å². The number of aromatic nitrogens is 2. The Morgan fingerprint density at radius 1 is 1.44 bits per heavy atom. The highest BCUT2D eigenvalue weighted by molar-refractivity contribution is 7.13. The zero-order chi connectivity index (χ0) is 13.1. The van der Waals surface area contributed by atoms with Crippen molar-refractivity contribution in [2.24, 2.45) is 11.1 Å². The molecule has 1 unspecified atom stereocenters. The number of hydrogen-bond acceptors (Lipinski definition) is 5. The van der Waals surface area contributed by atoms with Crippen LogP contribution in [0.4, 0.5) is 0 Å². The molecule has 0 spiro atoms. The van der Waals surface area contributed by atoms with Gasteiger partial charge >= 0.3 is 0 Å². The monoisotopic (exact) mass is 292 g/mol. The van der Waals surface area contributed by atoms with E-state index >= 15 is 0 Å². The zero-order valence-corrected chi connectivity index (χ0v) is 12.8. The summed E-state index contributed by atoms with van der Waals surface area (Å²) < 4.78 is 0. The Morgan fingerprint density at radius 3 is 2.50 bits per heavy atom. The van der Waals surface area contributed by atoms with Crippen molar-refractivity contribution >= 4 is 29.7 Å². The molecular weight excluding hydrogens is 272 g/mol. The van der Waals surface area contributed by atoms with Crippen LogP contribution < -0.4 is 11.1 Å². The molecule has 0 bridgehead atoms. The minimum absolute atomic E-state index is 0. The Hall–Kier alpha value is -0.720. The van der Waals surface area contributed by atoms with Gasteiger partial charge in [0.2, 0.25) is 5.01 Å². The van der Waals surface area contributed by atoms with Crippen LogP contribution in [0.5, 0.6) is 0 Å². The van der Waals surface area contributed by atoms with Crippen LogP contribution in [0.3, 0.4) is 0 Å². The third kappa shape index (κ3) is 5.75. The van der Waals surface area contributed by atoms with Gasteiger partial charge < -0.3 is 11.1 Å². The van der Waals surface area contributed by atoms with Crippen LogP contribution in [0.2, 0.25) is 0 Å². The summed E-state index contributed by atoms with van der Waals surface area (Å²) in [5, 5.41) is 12.1. The third-order valence-corrected chi connectivity index (χ3v) is 3.47. The van der Waals surface area contributed by atoms with Crippen LogP contribution in [-0.2, 0) is 0 Å². The van der Waals surface area contributed by atoms with E-state index in [1.54, 1.807) is 0 Å². The van der Waals surface area contributed by atoms with E-state index in [1.165, 1.54) is 11.3 Å². The second-order valence-corrected chi connectivity index (χ2v) is 6.31. The van der Waals surface area contributed by atoms with Crippen LogP contribution in [0.1, 0.15) is 55.0 Å². The average Bonchev–Trinajstić information content (AvgIpc) is 2.63. The predicted molar refractivity (Wildman–Crippen MR) is 76.2 cm³/mol. The van der Waals surface area contributed by atoms with E-state index < -0.39 is 5.91 Å². The maximum absolute atomic E-state index is 10.9. The first-order valence-electron chi connectivity index (χ1n) is 5.66. The van der Waals surface area contributed by atoms with Crippen molar-refractivity contribution in [3.63, 3.8) is 0 Å². The largest absolute Gasteiger partial charge is 0.363 e. The maximum atomic E-state index is 10.9. The summed E-state index contributed by atoms with van der Waals surface area (Å²) in [5.41, 5.74) is 5.44. The topological polar surface area (TPSA) is 80.9 Å². The molecule has 1 aromatic heterocycles. The van der Waals surface area contributed by atoms with Crippen molar-refractivity contribution < 1.29 is 4.79 Å². The highest BCUT2D eigenvalue weighted by Crippen LogP contribution is 2.20. The lowest BCUT2D eigenvalue weighted by atomic mass is 9.92. The lowest BCUT2D eigenvalue weighted by molar-refractivity contribution is 0.0999. The van der Waals surface area contributed by atoms with E-state index in [0.717, 1.165) is 18.0 Å². The maximum Gasteiger partial charge on any atom is 0.279 e. The number of nitrogens with two attached hydrogens (primary N) is 1. The van der Waals surface area contributed by atoms with E-state index in [-0.39, 0.29) is 23.5 Å². The quantitative estimate of drug-likeness (QED) is 0.871. The number of amides is 1. The van der Waals surface area contributed by atoms with Crippen LogP contribution in [-0.4, -0.2) is 22.6 Å². The minimum Gasteiger partial charge on any atom is -0.363 e. The summed E-state index contributed by atoms with van der Waals surface area (Å²) in [6.07, 6.45) is 1.08. The molecule has 7 heteroatoms. The van der Waals surface area contributed by atoms with Gasteiger partial charge in [-0.1, -0.05) is 32.1 Å². The van der Waals surface area contributed by atoms with E-state index in [4.69, 9.17) is 5.73 Å². The molecule has 104 valence electrons. The fraction of sp³-hybridized carbons (Fsp3) is 0.727. The molecule has 0 radical (unpaired) electrons. The molecule has 3 N–H and O–H groups in total. The highest BCUT2D eigenvalue weighted by Gasteiger charge is 2.15. The number of halogens is 1. The van der Waals surface area contributed by atoms with Crippen molar-refractivity contribution in [1.82, 2.24) is 15.5 Å². The number of nitrogens with zero attached hydrogens (tertiary/aromatic N) is 2. The van der Waals surface area contributed by atoms with Gasteiger partial charge in [-0.2, -0.15) is 0 Å². The molecule has 0 saturated heterocycles. The average molecular weight is 293 g/mol. The summed E-state index contributed by atoms with van der Waals surface area (Å²) in [6.45, 7) is 9.53. The first-order valence-corrected chi connectivity index (χ1v) is 6.48. The van der Waals surface area contributed by atoms with Gasteiger partial charge in [-0.25, -0.2) is 0 Å². The van der Waals surface area contributed by atoms with Gasteiger partial charge in [0.15, 0.2) is 0 Å². The predicted octanol–water partition coefficient (Wildman–Crippen LogP) is 2.15. The number of nitrogens with one attached hydrogen (secondary N) is 1.